The molecule has 0 amide bonds. The summed E-state index contributed by atoms with van der Waals surface area (Å²) in [6.45, 7) is 0. The van der Waals surface area contributed by atoms with E-state index in [-0.39, 0.29) is 18.2 Å². The van der Waals surface area contributed by atoms with Crippen LogP contribution in [-0.4, -0.2) is 4.21 Å². The third kappa shape index (κ3) is 5.02. The monoisotopic (exact) mass is 373 g/mol. The average molecular weight is 374 g/mol. The zero-order valence-electron chi connectivity index (χ0n) is 13.3. The summed E-state index contributed by atoms with van der Waals surface area (Å²) in [5.41, 5.74) is 8.23. The van der Waals surface area contributed by atoms with Crippen LogP contribution in [-0.2, 0) is 10.8 Å². The Morgan fingerprint density at radius 3 is 1.92 bits per heavy atom. The first-order valence-corrected chi connectivity index (χ1v) is 8.58. The minimum Gasteiger partial charge on any atom is -0.399 e. The number of halogens is 2. The zero-order valence-corrected chi connectivity index (χ0v) is 14.9. The van der Waals surface area contributed by atoms with Crippen molar-refractivity contribution in [2.45, 2.75) is 9.79 Å². The molecule has 128 valence electrons. The summed E-state index contributed by atoms with van der Waals surface area (Å²) in [6, 6.07) is 20.9. The molecule has 2 N–H and O–H groups in total. The van der Waals surface area contributed by atoms with Crippen LogP contribution in [0.5, 0.6) is 0 Å². The maximum atomic E-state index is 12.9. The van der Waals surface area contributed by atoms with E-state index in [1.165, 1.54) is 12.1 Å². The van der Waals surface area contributed by atoms with Gasteiger partial charge in [0, 0.05) is 15.5 Å². The first kappa shape index (κ1) is 18.9. The van der Waals surface area contributed by atoms with E-state index in [0.717, 1.165) is 16.0 Å². The summed E-state index contributed by atoms with van der Waals surface area (Å²) < 4.78 is 25.4. The van der Waals surface area contributed by atoms with Gasteiger partial charge in [-0.05, 0) is 53.6 Å². The first-order valence-electron chi connectivity index (χ1n) is 7.43. The Labute approximate surface area is 155 Å². The van der Waals surface area contributed by atoms with Crippen molar-refractivity contribution < 1.29 is 8.60 Å². The summed E-state index contributed by atoms with van der Waals surface area (Å²) in [5, 5.41) is 0. The summed E-state index contributed by atoms with van der Waals surface area (Å²) in [4.78, 5) is 1.41. The van der Waals surface area contributed by atoms with Crippen molar-refractivity contribution in [1.29, 1.82) is 0 Å². The van der Waals surface area contributed by atoms with E-state index in [9.17, 15) is 8.60 Å². The van der Waals surface area contributed by atoms with Crippen molar-refractivity contribution in [3.05, 3.63) is 89.7 Å². The second-order valence-corrected chi connectivity index (χ2v) is 6.78. The lowest BCUT2D eigenvalue weighted by Gasteiger charge is -2.04. The SMILES string of the molecule is Cl.Nc1cccc(S(=O)c2ccc(C=Cc3ccc(F)cc3)cc2)c1. The van der Waals surface area contributed by atoms with Crippen LogP contribution in [0.2, 0.25) is 0 Å². The molecule has 0 aliphatic rings. The molecule has 3 aromatic carbocycles. The van der Waals surface area contributed by atoms with Crippen LogP contribution in [0, 0.1) is 5.82 Å². The predicted octanol–water partition coefficient (Wildman–Crippen LogP) is 5.17. The van der Waals surface area contributed by atoms with Gasteiger partial charge in [0.05, 0.1) is 10.8 Å². The van der Waals surface area contributed by atoms with Gasteiger partial charge in [0.1, 0.15) is 5.82 Å². The minimum absolute atomic E-state index is 0. The summed E-state index contributed by atoms with van der Waals surface area (Å²) in [5.74, 6) is -0.250. The van der Waals surface area contributed by atoms with Crippen molar-refractivity contribution in [2.75, 3.05) is 5.73 Å². The molecule has 0 aromatic heterocycles. The van der Waals surface area contributed by atoms with E-state index in [1.807, 2.05) is 36.4 Å². The Balaban J connectivity index is 0.00000225. The molecular weight excluding hydrogens is 357 g/mol. The Bertz CT molecular complexity index is 892. The van der Waals surface area contributed by atoms with Crippen LogP contribution in [0.1, 0.15) is 11.1 Å². The molecule has 1 unspecified atom stereocenters. The van der Waals surface area contributed by atoms with E-state index < -0.39 is 10.8 Å². The first-order chi connectivity index (χ1) is 11.6. The second-order valence-electron chi connectivity index (χ2n) is 5.30. The fraction of sp³-hybridized carbons (Fsp3) is 0. The van der Waals surface area contributed by atoms with Crippen molar-refractivity contribution in [3.8, 4) is 0 Å². The molecule has 0 bridgehead atoms. The van der Waals surface area contributed by atoms with Gasteiger partial charge in [0.2, 0.25) is 0 Å². The summed E-state index contributed by atoms with van der Waals surface area (Å²) in [6.07, 6.45) is 3.84. The molecule has 3 rings (SSSR count). The van der Waals surface area contributed by atoms with Gasteiger partial charge in [0.15, 0.2) is 0 Å². The van der Waals surface area contributed by atoms with Crippen LogP contribution in [0.15, 0.2) is 82.6 Å². The van der Waals surface area contributed by atoms with Crippen molar-refractivity contribution in [1.82, 2.24) is 0 Å². The smallest absolute Gasteiger partial charge is 0.123 e. The molecule has 0 spiro atoms. The highest BCUT2D eigenvalue weighted by Crippen LogP contribution is 2.19. The fourth-order valence-corrected chi connectivity index (χ4v) is 3.34. The Hall–Kier alpha value is -2.43. The molecular formula is C20H17ClFNOS. The average Bonchev–Trinajstić information content (AvgIpc) is 2.61. The fourth-order valence-electron chi connectivity index (χ4n) is 2.23. The highest BCUT2D eigenvalue weighted by molar-refractivity contribution is 7.85. The molecule has 5 heteroatoms. The zero-order chi connectivity index (χ0) is 16.9. The lowest BCUT2D eigenvalue weighted by molar-refractivity contribution is 0.628. The summed E-state index contributed by atoms with van der Waals surface area (Å²) >= 11 is 0. The normalized spacial score (nSPS) is 11.9. The number of hydrogen-bond donors (Lipinski definition) is 1. The van der Waals surface area contributed by atoms with Gasteiger partial charge in [-0.15, -0.1) is 12.4 Å². The molecule has 25 heavy (non-hydrogen) atoms. The standard InChI is InChI=1S/C20H16FNOS.ClH/c21-17-10-6-15(7-11-17)4-5-16-8-12-19(13-9-16)24(23)20-3-1-2-18(22)14-20;/h1-14H,22H2;1H. The maximum Gasteiger partial charge on any atom is 0.123 e. The number of benzene rings is 3. The van der Waals surface area contributed by atoms with Gasteiger partial charge in [-0.1, -0.05) is 42.5 Å². The number of nitrogens with two attached hydrogens (primary N) is 1. The van der Waals surface area contributed by atoms with Crippen molar-refractivity contribution in [3.63, 3.8) is 0 Å². The van der Waals surface area contributed by atoms with Gasteiger partial charge in [-0.3, -0.25) is 0 Å². The highest BCUT2D eigenvalue weighted by atomic mass is 35.5. The molecule has 0 aliphatic carbocycles. The molecule has 0 heterocycles. The number of nitrogen functional groups attached to an aromatic ring is 1. The second kappa shape index (κ2) is 8.60. The van der Waals surface area contributed by atoms with Gasteiger partial charge in [0.25, 0.3) is 0 Å². The number of hydrogen-bond acceptors (Lipinski definition) is 2. The number of anilines is 1. The van der Waals surface area contributed by atoms with Crippen molar-refractivity contribution in [2.24, 2.45) is 0 Å². The van der Waals surface area contributed by atoms with Crippen LogP contribution in [0.4, 0.5) is 10.1 Å². The molecule has 3 aromatic rings. The topological polar surface area (TPSA) is 43.1 Å². The van der Waals surface area contributed by atoms with E-state index >= 15 is 0 Å². The minimum atomic E-state index is -1.25. The molecule has 1 atom stereocenters. The highest BCUT2D eigenvalue weighted by Gasteiger charge is 2.06. The Morgan fingerprint density at radius 2 is 1.36 bits per heavy atom. The van der Waals surface area contributed by atoms with Gasteiger partial charge in [-0.25, -0.2) is 8.60 Å². The summed E-state index contributed by atoms with van der Waals surface area (Å²) in [7, 11) is -1.25. The molecule has 0 saturated heterocycles. The largest absolute Gasteiger partial charge is 0.399 e. The quantitative estimate of drug-likeness (QED) is 0.506. The van der Waals surface area contributed by atoms with E-state index in [4.69, 9.17) is 5.73 Å². The molecule has 0 fully saturated rings. The van der Waals surface area contributed by atoms with E-state index in [0.29, 0.717) is 10.6 Å². The Kier molecular flexibility index (Phi) is 6.51. The van der Waals surface area contributed by atoms with E-state index in [2.05, 4.69) is 0 Å². The molecule has 0 aliphatic heterocycles. The number of rotatable bonds is 4. The molecule has 0 saturated carbocycles. The Morgan fingerprint density at radius 1 is 0.800 bits per heavy atom. The predicted molar refractivity (Wildman–Crippen MR) is 105 cm³/mol. The van der Waals surface area contributed by atoms with Crippen LogP contribution in [0.3, 0.4) is 0 Å². The van der Waals surface area contributed by atoms with Crippen molar-refractivity contribution >= 4 is 41.0 Å². The van der Waals surface area contributed by atoms with Crippen LogP contribution >= 0.6 is 12.4 Å². The lowest BCUT2D eigenvalue weighted by atomic mass is 10.1. The lowest BCUT2D eigenvalue weighted by Crippen LogP contribution is -1.94. The molecule has 0 radical (unpaired) electrons. The van der Waals surface area contributed by atoms with E-state index in [1.54, 1.807) is 36.4 Å². The third-order valence-corrected chi connectivity index (χ3v) is 4.89. The van der Waals surface area contributed by atoms with Gasteiger partial charge >= 0.3 is 0 Å². The molecule has 2 nitrogen and oxygen atoms in total. The maximum absolute atomic E-state index is 12.9. The van der Waals surface area contributed by atoms with Crippen LogP contribution in [0.25, 0.3) is 12.2 Å². The van der Waals surface area contributed by atoms with Gasteiger partial charge in [-0.2, -0.15) is 0 Å². The third-order valence-electron chi connectivity index (χ3n) is 3.50. The van der Waals surface area contributed by atoms with Crippen LogP contribution < -0.4 is 5.73 Å². The van der Waals surface area contributed by atoms with Gasteiger partial charge < -0.3 is 5.73 Å².